The van der Waals surface area contributed by atoms with Crippen LogP contribution in [0.4, 0.5) is 17.6 Å². The number of halogens is 4. The van der Waals surface area contributed by atoms with E-state index in [0.29, 0.717) is 18.5 Å². The Balaban J connectivity index is 2.52. The monoisotopic (exact) mass is 279 g/mol. The first-order valence-electron chi connectivity index (χ1n) is 5.97. The van der Waals surface area contributed by atoms with Gasteiger partial charge in [-0.1, -0.05) is 18.2 Å². The molecule has 0 heterocycles. The van der Waals surface area contributed by atoms with E-state index in [-0.39, 0.29) is 18.3 Å². The van der Waals surface area contributed by atoms with Crippen LogP contribution in [0.2, 0.25) is 0 Å². The summed E-state index contributed by atoms with van der Waals surface area (Å²) in [6.45, 7) is -0.840. The number of benzene rings is 1. The average Bonchev–Trinajstić information content (AvgIpc) is 2.33. The van der Waals surface area contributed by atoms with E-state index < -0.39 is 12.8 Å². The van der Waals surface area contributed by atoms with Crippen LogP contribution in [0, 0.1) is 5.82 Å². The lowest BCUT2D eigenvalue weighted by molar-refractivity contribution is -0.174. The van der Waals surface area contributed by atoms with Gasteiger partial charge in [0.25, 0.3) is 0 Å². The van der Waals surface area contributed by atoms with E-state index in [2.05, 4.69) is 10.1 Å². The number of ether oxygens (including phenoxy) is 1. The van der Waals surface area contributed by atoms with Crippen LogP contribution in [0.1, 0.15) is 17.9 Å². The first-order valence-corrected chi connectivity index (χ1v) is 5.97. The highest BCUT2D eigenvalue weighted by atomic mass is 19.4. The molecule has 0 bridgehead atoms. The van der Waals surface area contributed by atoms with Crippen LogP contribution in [-0.2, 0) is 4.74 Å². The maximum Gasteiger partial charge on any atom is 0.411 e. The molecule has 0 spiro atoms. The van der Waals surface area contributed by atoms with Crippen molar-refractivity contribution in [3.05, 3.63) is 35.6 Å². The molecular weight excluding hydrogens is 262 g/mol. The van der Waals surface area contributed by atoms with Gasteiger partial charge in [0.05, 0.1) is 0 Å². The zero-order valence-electron chi connectivity index (χ0n) is 10.6. The van der Waals surface area contributed by atoms with Crippen molar-refractivity contribution in [2.45, 2.75) is 18.5 Å². The highest BCUT2D eigenvalue weighted by Crippen LogP contribution is 2.22. The Morgan fingerprint density at radius 3 is 2.53 bits per heavy atom. The molecule has 0 saturated carbocycles. The van der Waals surface area contributed by atoms with Crippen LogP contribution < -0.4 is 5.32 Å². The Labute approximate surface area is 109 Å². The summed E-state index contributed by atoms with van der Waals surface area (Å²) in [5.74, 6) is -0.557. The Morgan fingerprint density at radius 1 is 1.26 bits per heavy atom. The summed E-state index contributed by atoms with van der Waals surface area (Å²) in [7, 11) is 1.71. The third-order valence-electron chi connectivity index (χ3n) is 2.67. The minimum absolute atomic E-state index is 0.0554. The second-order valence-electron chi connectivity index (χ2n) is 4.23. The first kappa shape index (κ1) is 15.9. The molecule has 0 fully saturated rings. The predicted molar refractivity (Wildman–Crippen MR) is 64.6 cm³/mol. The molecule has 1 unspecified atom stereocenters. The van der Waals surface area contributed by atoms with E-state index in [1.807, 2.05) is 0 Å². The van der Waals surface area contributed by atoms with E-state index in [0.717, 1.165) is 0 Å². The predicted octanol–water partition coefficient (Wildman–Crippen LogP) is 3.10. The third-order valence-corrected chi connectivity index (χ3v) is 2.67. The van der Waals surface area contributed by atoms with E-state index in [4.69, 9.17) is 0 Å². The van der Waals surface area contributed by atoms with Gasteiger partial charge in [0.15, 0.2) is 0 Å². The molecule has 0 aromatic heterocycles. The van der Waals surface area contributed by atoms with Gasteiger partial charge < -0.3 is 10.1 Å². The molecule has 0 aliphatic heterocycles. The number of hydrogen-bond donors (Lipinski definition) is 1. The maximum atomic E-state index is 13.6. The molecule has 108 valence electrons. The second-order valence-corrected chi connectivity index (χ2v) is 4.23. The van der Waals surface area contributed by atoms with Gasteiger partial charge in [0, 0.05) is 19.1 Å². The molecule has 0 aliphatic carbocycles. The normalized spacial score (nSPS) is 13.5. The number of likely N-dealkylation sites (N-methyl/N-ethyl adjacent to an activating group) is 1. The molecular formula is C13H17F4NO. The van der Waals surface area contributed by atoms with Crippen molar-refractivity contribution in [3.63, 3.8) is 0 Å². The van der Waals surface area contributed by atoms with E-state index in [9.17, 15) is 17.6 Å². The molecule has 1 rings (SSSR count). The van der Waals surface area contributed by atoms with Gasteiger partial charge >= 0.3 is 6.18 Å². The smallest absolute Gasteiger partial charge is 0.372 e. The molecule has 1 aromatic rings. The minimum atomic E-state index is -4.32. The topological polar surface area (TPSA) is 21.3 Å². The van der Waals surface area contributed by atoms with Crippen molar-refractivity contribution >= 4 is 0 Å². The van der Waals surface area contributed by atoms with Gasteiger partial charge in [-0.25, -0.2) is 4.39 Å². The lowest BCUT2D eigenvalue weighted by Crippen LogP contribution is -2.22. The summed E-state index contributed by atoms with van der Waals surface area (Å²) >= 11 is 0. The summed E-state index contributed by atoms with van der Waals surface area (Å²) in [4.78, 5) is 0. The van der Waals surface area contributed by atoms with Gasteiger partial charge in [-0.2, -0.15) is 13.2 Å². The van der Waals surface area contributed by atoms with E-state index >= 15 is 0 Å². The maximum absolute atomic E-state index is 13.6. The van der Waals surface area contributed by atoms with E-state index in [1.165, 1.54) is 6.07 Å². The molecule has 0 saturated heterocycles. The van der Waals surface area contributed by atoms with Gasteiger partial charge in [0.2, 0.25) is 0 Å². The molecule has 0 amide bonds. The molecule has 0 aliphatic rings. The Kier molecular flexibility index (Phi) is 6.24. The van der Waals surface area contributed by atoms with Crippen LogP contribution in [-0.4, -0.2) is 33.0 Å². The van der Waals surface area contributed by atoms with Crippen molar-refractivity contribution in [1.82, 2.24) is 5.32 Å². The number of alkyl halides is 3. The number of nitrogens with one attached hydrogen (secondary N) is 1. The van der Waals surface area contributed by atoms with Crippen molar-refractivity contribution < 1.29 is 22.3 Å². The zero-order valence-corrected chi connectivity index (χ0v) is 10.6. The van der Waals surface area contributed by atoms with Gasteiger partial charge in [0.1, 0.15) is 12.4 Å². The lowest BCUT2D eigenvalue weighted by atomic mass is 9.95. The Bertz CT molecular complexity index is 381. The number of hydrogen-bond acceptors (Lipinski definition) is 2. The second kappa shape index (κ2) is 7.45. The van der Waals surface area contributed by atoms with Gasteiger partial charge in [-0.15, -0.1) is 0 Å². The Hall–Kier alpha value is -1.14. The van der Waals surface area contributed by atoms with Crippen LogP contribution in [0.15, 0.2) is 24.3 Å². The van der Waals surface area contributed by atoms with Crippen LogP contribution in [0.3, 0.4) is 0 Å². The zero-order chi connectivity index (χ0) is 14.3. The molecule has 1 aromatic carbocycles. The largest absolute Gasteiger partial charge is 0.411 e. The Morgan fingerprint density at radius 2 is 1.95 bits per heavy atom. The molecule has 19 heavy (non-hydrogen) atoms. The molecule has 1 atom stereocenters. The highest BCUT2D eigenvalue weighted by Gasteiger charge is 2.27. The average molecular weight is 279 g/mol. The highest BCUT2D eigenvalue weighted by molar-refractivity contribution is 5.22. The van der Waals surface area contributed by atoms with E-state index in [1.54, 1.807) is 25.2 Å². The fourth-order valence-corrected chi connectivity index (χ4v) is 1.83. The molecule has 2 nitrogen and oxygen atoms in total. The van der Waals surface area contributed by atoms with Gasteiger partial charge in [-0.3, -0.25) is 0 Å². The van der Waals surface area contributed by atoms with Crippen molar-refractivity contribution in [2.24, 2.45) is 0 Å². The quantitative estimate of drug-likeness (QED) is 0.611. The summed E-state index contributed by atoms with van der Waals surface area (Å²) in [5.41, 5.74) is 0.493. The summed E-state index contributed by atoms with van der Waals surface area (Å²) in [5, 5.41) is 2.91. The van der Waals surface area contributed by atoms with Crippen molar-refractivity contribution in [3.8, 4) is 0 Å². The van der Waals surface area contributed by atoms with Gasteiger partial charge in [-0.05, 0) is 25.1 Å². The minimum Gasteiger partial charge on any atom is -0.372 e. The fraction of sp³-hybridized carbons (Fsp3) is 0.538. The molecule has 0 radical (unpaired) electrons. The first-order chi connectivity index (χ1) is 8.94. The molecule has 1 N–H and O–H groups in total. The summed E-state index contributed by atoms with van der Waals surface area (Å²) in [6, 6.07) is 6.27. The van der Waals surface area contributed by atoms with Crippen molar-refractivity contribution in [2.75, 3.05) is 26.8 Å². The lowest BCUT2D eigenvalue weighted by Gasteiger charge is -2.18. The van der Waals surface area contributed by atoms with Crippen LogP contribution in [0.25, 0.3) is 0 Å². The number of rotatable bonds is 7. The SMILES string of the molecule is CNCC(CCOCC(F)(F)F)c1ccccc1F. The summed E-state index contributed by atoms with van der Waals surface area (Å²) in [6.07, 6.45) is -3.99. The summed E-state index contributed by atoms with van der Waals surface area (Å²) < 4.78 is 53.9. The van der Waals surface area contributed by atoms with Crippen molar-refractivity contribution in [1.29, 1.82) is 0 Å². The molecule has 6 heteroatoms. The standard InChI is InChI=1S/C13H17F4NO/c1-18-8-10(6-7-19-9-13(15,16)17)11-4-2-3-5-12(11)14/h2-5,10,18H,6-9H2,1H3. The third kappa shape index (κ3) is 6.02. The van der Waals surface area contributed by atoms with Crippen LogP contribution >= 0.6 is 0 Å². The fourth-order valence-electron chi connectivity index (χ4n) is 1.83. The van der Waals surface area contributed by atoms with Crippen LogP contribution in [0.5, 0.6) is 0 Å².